The van der Waals surface area contributed by atoms with Crippen LogP contribution in [0.5, 0.6) is 0 Å². The molecule has 1 fully saturated rings. The van der Waals surface area contributed by atoms with E-state index in [4.69, 9.17) is 4.52 Å². The molecule has 7 heteroatoms. The van der Waals surface area contributed by atoms with E-state index in [1.165, 1.54) is 0 Å². The molecule has 0 saturated heterocycles. The van der Waals surface area contributed by atoms with Crippen molar-refractivity contribution in [3.8, 4) is 0 Å². The van der Waals surface area contributed by atoms with Gasteiger partial charge in [0.15, 0.2) is 5.82 Å². The van der Waals surface area contributed by atoms with E-state index in [1.54, 1.807) is 6.20 Å². The number of aromatic nitrogens is 4. The molecular weight excluding hydrogens is 302 g/mol. The molecule has 3 aromatic rings. The van der Waals surface area contributed by atoms with Crippen molar-refractivity contribution in [2.45, 2.75) is 38.0 Å². The Morgan fingerprint density at radius 2 is 2.26 bits per heavy atom. The Morgan fingerprint density at radius 1 is 1.35 bits per heavy atom. The van der Waals surface area contributed by atoms with Crippen LogP contribution in [0.25, 0.3) is 10.9 Å². The van der Waals surface area contributed by atoms with Crippen LogP contribution in [0.2, 0.25) is 0 Å². The van der Waals surface area contributed by atoms with Crippen LogP contribution < -0.4 is 0 Å². The average Bonchev–Trinajstić information content (AvgIpc) is 3.20. The van der Waals surface area contributed by atoms with Gasteiger partial charge in [-0.2, -0.15) is 10.1 Å². The van der Waals surface area contributed by atoms with E-state index in [-0.39, 0.29) is 18.8 Å². The van der Waals surface area contributed by atoms with Crippen LogP contribution in [0.1, 0.15) is 36.5 Å². The second-order valence-corrected chi connectivity index (χ2v) is 6.24. The molecular formula is C16H16F2N4O. The lowest BCUT2D eigenvalue weighted by molar-refractivity contribution is 0.00483. The lowest BCUT2D eigenvalue weighted by Gasteiger charge is -2.07. The summed E-state index contributed by atoms with van der Waals surface area (Å²) in [4.78, 5) is 4.34. The van der Waals surface area contributed by atoms with Crippen LogP contribution in [-0.2, 0) is 12.8 Å². The van der Waals surface area contributed by atoms with Gasteiger partial charge in [0, 0.05) is 31.1 Å². The number of fused-ring (bicyclic) bond motifs is 1. The molecule has 2 aromatic heterocycles. The molecule has 0 bridgehead atoms. The monoisotopic (exact) mass is 318 g/mol. The van der Waals surface area contributed by atoms with Crippen LogP contribution in [0.4, 0.5) is 8.78 Å². The maximum absolute atomic E-state index is 13.2. The summed E-state index contributed by atoms with van der Waals surface area (Å²) in [5, 5.41) is 11.9. The second kappa shape index (κ2) is 5.40. The zero-order valence-corrected chi connectivity index (χ0v) is 12.4. The first kappa shape index (κ1) is 14.3. The molecule has 1 aliphatic rings. The maximum Gasteiger partial charge on any atom is 0.248 e. The molecule has 1 aromatic carbocycles. The molecule has 23 heavy (non-hydrogen) atoms. The third kappa shape index (κ3) is 3.09. The number of hydrogen-bond donors (Lipinski definition) is 1. The summed E-state index contributed by atoms with van der Waals surface area (Å²) in [7, 11) is 0. The SMILES string of the molecule is FC1(F)CCC(Cc2nc(Cc3ccc4cn[nH]c4c3)no2)C1. The number of nitrogens with zero attached hydrogens (tertiary/aromatic N) is 3. The van der Waals surface area contributed by atoms with Gasteiger partial charge < -0.3 is 4.52 Å². The number of nitrogens with one attached hydrogen (secondary N) is 1. The highest BCUT2D eigenvalue weighted by Crippen LogP contribution is 2.40. The van der Waals surface area contributed by atoms with Crippen LogP contribution in [-0.4, -0.2) is 26.3 Å². The van der Waals surface area contributed by atoms with Crippen molar-refractivity contribution >= 4 is 10.9 Å². The molecule has 0 aliphatic heterocycles. The number of rotatable bonds is 4. The number of aromatic amines is 1. The molecule has 0 spiro atoms. The van der Waals surface area contributed by atoms with E-state index in [0.717, 1.165) is 16.5 Å². The van der Waals surface area contributed by atoms with Crippen molar-refractivity contribution in [3.63, 3.8) is 0 Å². The summed E-state index contributed by atoms with van der Waals surface area (Å²) in [6, 6.07) is 5.97. The largest absolute Gasteiger partial charge is 0.339 e. The van der Waals surface area contributed by atoms with Gasteiger partial charge in [-0.3, -0.25) is 5.10 Å². The van der Waals surface area contributed by atoms with Crippen LogP contribution in [0.15, 0.2) is 28.9 Å². The van der Waals surface area contributed by atoms with Gasteiger partial charge in [-0.1, -0.05) is 17.3 Å². The van der Waals surface area contributed by atoms with Crippen molar-refractivity contribution < 1.29 is 13.3 Å². The van der Waals surface area contributed by atoms with E-state index in [1.807, 2.05) is 18.2 Å². The van der Waals surface area contributed by atoms with E-state index in [9.17, 15) is 8.78 Å². The number of H-pyrrole nitrogens is 1. The van der Waals surface area contributed by atoms with E-state index < -0.39 is 5.92 Å². The number of hydrogen-bond acceptors (Lipinski definition) is 4. The minimum Gasteiger partial charge on any atom is -0.339 e. The van der Waals surface area contributed by atoms with Crippen LogP contribution in [0.3, 0.4) is 0 Å². The Morgan fingerprint density at radius 3 is 3.09 bits per heavy atom. The highest BCUT2D eigenvalue weighted by molar-refractivity contribution is 5.78. The summed E-state index contributed by atoms with van der Waals surface area (Å²) >= 11 is 0. The summed E-state index contributed by atoms with van der Waals surface area (Å²) < 4.78 is 31.6. The quantitative estimate of drug-likeness (QED) is 0.799. The fraction of sp³-hybridized carbons (Fsp3) is 0.438. The van der Waals surface area contributed by atoms with Gasteiger partial charge in [-0.25, -0.2) is 8.78 Å². The Kier molecular flexibility index (Phi) is 3.36. The molecule has 1 aliphatic carbocycles. The molecule has 5 nitrogen and oxygen atoms in total. The first-order valence-electron chi connectivity index (χ1n) is 7.69. The molecule has 1 N–H and O–H groups in total. The fourth-order valence-corrected chi connectivity index (χ4v) is 3.18. The van der Waals surface area contributed by atoms with Gasteiger partial charge in [0.25, 0.3) is 0 Å². The third-order valence-corrected chi connectivity index (χ3v) is 4.35. The minimum atomic E-state index is -2.53. The van der Waals surface area contributed by atoms with E-state index >= 15 is 0 Å². The third-order valence-electron chi connectivity index (χ3n) is 4.35. The Labute approximate surface area is 131 Å². The summed E-state index contributed by atoms with van der Waals surface area (Å²) in [6.07, 6.45) is 3.13. The average molecular weight is 318 g/mol. The molecule has 120 valence electrons. The zero-order chi connectivity index (χ0) is 15.9. The zero-order valence-electron chi connectivity index (χ0n) is 12.4. The Balaban J connectivity index is 1.43. The molecule has 4 rings (SSSR count). The molecule has 0 amide bonds. The second-order valence-electron chi connectivity index (χ2n) is 6.24. The predicted octanol–water partition coefficient (Wildman–Crippen LogP) is 3.51. The van der Waals surface area contributed by atoms with Crippen molar-refractivity contribution in [2.75, 3.05) is 0 Å². The van der Waals surface area contributed by atoms with Gasteiger partial charge in [0.2, 0.25) is 11.8 Å². The van der Waals surface area contributed by atoms with Crippen LogP contribution >= 0.6 is 0 Å². The van der Waals surface area contributed by atoms with Gasteiger partial charge in [0.05, 0.1) is 11.7 Å². The molecule has 2 heterocycles. The first-order valence-corrected chi connectivity index (χ1v) is 7.69. The number of benzene rings is 1. The molecule has 1 unspecified atom stereocenters. The standard InChI is InChI=1S/C16H16F2N4O/c17-16(18)4-3-11(8-16)7-15-20-14(22-23-15)6-10-1-2-12-9-19-21-13(12)5-10/h1-2,5,9,11H,3-4,6-8H2,(H,19,21). The molecule has 1 atom stereocenters. The van der Waals surface area contributed by atoms with E-state index in [2.05, 4.69) is 20.3 Å². The molecule has 0 radical (unpaired) electrons. The first-order chi connectivity index (χ1) is 11.1. The van der Waals surface area contributed by atoms with Gasteiger partial charge in [-0.15, -0.1) is 0 Å². The smallest absolute Gasteiger partial charge is 0.248 e. The Hall–Kier alpha value is -2.31. The highest BCUT2D eigenvalue weighted by atomic mass is 19.3. The van der Waals surface area contributed by atoms with Gasteiger partial charge in [-0.05, 0) is 24.0 Å². The minimum absolute atomic E-state index is 0.0388. The Bertz CT molecular complexity index is 826. The van der Waals surface area contributed by atoms with Crippen molar-refractivity contribution in [1.82, 2.24) is 20.3 Å². The lowest BCUT2D eigenvalue weighted by Crippen LogP contribution is -2.10. The predicted molar refractivity (Wildman–Crippen MR) is 79.2 cm³/mol. The van der Waals surface area contributed by atoms with E-state index in [0.29, 0.717) is 31.0 Å². The van der Waals surface area contributed by atoms with Gasteiger partial charge in [0.1, 0.15) is 0 Å². The highest BCUT2D eigenvalue weighted by Gasteiger charge is 2.39. The summed E-state index contributed by atoms with van der Waals surface area (Å²) in [5.74, 6) is -1.58. The number of halogens is 2. The maximum atomic E-state index is 13.2. The van der Waals surface area contributed by atoms with Crippen molar-refractivity contribution in [3.05, 3.63) is 41.7 Å². The van der Waals surface area contributed by atoms with Gasteiger partial charge >= 0.3 is 0 Å². The summed E-state index contributed by atoms with van der Waals surface area (Å²) in [5.41, 5.74) is 2.00. The summed E-state index contributed by atoms with van der Waals surface area (Å²) in [6.45, 7) is 0. The van der Waals surface area contributed by atoms with Crippen molar-refractivity contribution in [1.29, 1.82) is 0 Å². The normalized spacial score (nSPS) is 20.3. The number of alkyl halides is 2. The van der Waals surface area contributed by atoms with Crippen molar-refractivity contribution in [2.24, 2.45) is 5.92 Å². The lowest BCUT2D eigenvalue weighted by atomic mass is 10.0. The fourth-order valence-electron chi connectivity index (χ4n) is 3.18. The topological polar surface area (TPSA) is 67.6 Å². The van der Waals surface area contributed by atoms with Crippen LogP contribution in [0, 0.1) is 5.92 Å². The molecule has 1 saturated carbocycles.